The van der Waals surface area contributed by atoms with E-state index in [-0.39, 0.29) is 11.9 Å². The number of nitrogens with zero attached hydrogens (tertiary/aromatic N) is 3. The van der Waals surface area contributed by atoms with Gasteiger partial charge in [-0.1, -0.05) is 13.8 Å². The highest BCUT2D eigenvalue weighted by Crippen LogP contribution is 2.14. The molecule has 0 spiro atoms. The lowest BCUT2D eigenvalue weighted by atomic mass is 10.00. The van der Waals surface area contributed by atoms with Gasteiger partial charge in [-0.2, -0.15) is 0 Å². The first kappa shape index (κ1) is 18.4. The molecular weight excluding hydrogens is 238 g/mol. The summed E-state index contributed by atoms with van der Waals surface area (Å²) >= 11 is 0. The zero-order chi connectivity index (χ0) is 15.2. The van der Waals surface area contributed by atoms with Gasteiger partial charge in [0.1, 0.15) is 0 Å². The molecular formula is C15H33N3O. The van der Waals surface area contributed by atoms with Gasteiger partial charge in [-0.15, -0.1) is 0 Å². The Bertz CT molecular complexity index is 264. The van der Waals surface area contributed by atoms with Crippen LogP contribution in [0.15, 0.2) is 0 Å². The average Bonchev–Trinajstić information content (AvgIpc) is 2.27. The average molecular weight is 271 g/mol. The van der Waals surface area contributed by atoms with E-state index in [0.29, 0.717) is 12.0 Å². The summed E-state index contributed by atoms with van der Waals surface area (Å²) < 4.78 is 0. The van der Waals surface area contributed by atoms with Crippen molar-refractivity contribution in [1.29, 1.82) is 0 Å². The van der Waals surface area contributed by atoms with Gasteiger partial charge in [-0.25, -0.2) is 0 Å². The van der Waals surface area contributed by atoms with E-state index >= 15 is 0 Å². The Morgan fingerprint density at radius 1 is 0.947 bits per heavy atom. The fraction of sp³-hybridized carbons (Fsp3) is 0.933. The van der Waals surface area contributed by atoms with E-state index < -0.39 is 0 Å². The molecule has 4 nitrogen and oxygen atoms in total. The van der Waals surface area contributed by atoms with Gasteiger partial charge >= 0.3 is 0 Å². The van der Waals surface area contributed by atoms with Crippen molar-refractivity contribution in [1.82, 2.24) is 14.7 Å². The van der Waals surface area contributed by atoms with Gasteiger partial charge in [-0.05, 0) is 53.9 Å². The molecule has 0 aliphatic rings. The monoisotopic (exact) mass is 271 g/mol. The van der Waals surface area contributed by atoms with Crippen LogP contribution in [0.2, 0.25) is 0 Å². The van der Waals surface area contributed by atoms with Crippen molar-refractivity contribution in [3.8, 4) is 0 Å². The Labute approximate surface area is 119 Å². The summed E-state index contributed by atoms with van der Waals surface area (Å²) in [5.74, 6) is 0.571. The van der Waals surface area contributed by atoms with Gasteiger partial charge in [0.05, 0.1) is 6.04 Å². The van der Waals surface area contributed by atoms with E-state index in [1.54, 1.807) is 0 Å². The SMILES string of the molecule is CC(C)[C@H](C(=O)N(C)CCCN(C)C)N(C)C(C)C. The minimum atomic E-state index is -0.0237. The third-order valence-corrected chi connectivity index (χ3v) is 3.61. The Morgan fingerprint density at radius 2 is 1.47 bits per heavy atom. The van der Waals surface area contributed by atoms with Crippen molar-refractivity contribution in [3.63, 3.8) is 0 Å². The first-order valence-electron chi connectivity index (χ1n) is 7.30. The van der Waals surface area contributed by atoms with Gasteiger partial charge in [0.15, 0.2) is 0 Å². The van der Waals surface area contributed by atoms with E-state index in [2.05, 4.69) is 51.6 Å². The molecule has 0 aliphatic carbocycles. The maximum absolute atomic E-state index is 12.6. The molecule has 0 unspecified atom stereocenters. The molecule has 0 saturated heterocycles. The summed E-state index contributed by atoms with van der Waals surface area (Å²) in [6.45, 7) is 10.4. The van der Waals surface area contributed by atoms with Crippen molar-refractivity contribution >= 4 is 5.91 Å². The highest BCUT2D eigenvalue weighted by atomic mass is 16.2. The molecule has 0 fully saturated rings. The van der Waals surface area contributed by atoms with Crippen LogP contribution < -0.4 is 0 Å². The minimum Gasteiger partial charge on any atom is -0.344 e. The number of amides is 1. The van der Waals surface area contributed by atoms with Crippen LogP contribution in [0.3, 0.4) is 0 Å². The van der Waals surface area contributed by atoms with Crippen molar-refractivity contribution in [2.24, 2.45) is 5.92 Å². The van der Waals surface area contributed by atoms with Gasteiger partial charge in [0.2, 0.25) is 5.91 Å². The highest BCUT2D eigenvalue weighted by molar-refractivity contribution is 5.81. The van der Waals surface area contributed by atoms with E-state index in [9.17, 15) is 4.79 Å². The van der Waals surface area contributed by atoms with E-state index in [0.717, 1.165) is 19.5 Å². The predicted molar refractivity (Wildman–Crippen MR) is 82.3 cm³/mol. The summed E-state index contributed by atoms with van der Waals surface area (Å²) in [5, 5.41) is 0. The maximum Gasteiger partial charge on any atom is 0.239 e. The molecule has 0 heterocycles. The van der Waals surface area contributed by atoms with Crippen molar-refractivity contribution < 1.29 is 4.79 Å². The van der Waals surface area contributed by atoms with Gasteiger partial charge < -0.3 is 9.80 Å². The molecule has 0 aromatic carbocycles. The van der Waals surface area contributed by atoms with Crippen LogP contribution in [-0.2, 0) is 4.79 Å². The topological polar surface area (TPSA) is 26.8 Å². The largest absolute Gasteiger partial charge is 0.344 e. The van der Waals surface area contributed by atoms with Crippen LogP contribution in [0.1, 0.15) is 34.1 Å². The van der Waals surface area contributed by atoms with E-state index in [4.69, 9.17) is 0 Å². The summed E-state index contributed by atoms with van der Waals surface area (Å²) in [6.07, 6.45) is 1.02. The van der Waals surface area contributed by atoms with Crippen LogP contribution in [-0.4, -0.2) is 74.0 Å². The molecule has 0 aromatic rings. The molecule has 0 bridgehead atoms. The van der Waals surface area contributed by atoms with Crippen LogP contribution >= 0.6 is 0 Å². The van der Waals surface area contributed by atoms with Crippen LogP contribution in [0.25, 0.3) is 0 Å². The molecule has 1 amide bonds. The fourth-order valence-electron chi connectivity index (χ4n) is 2.21. The lowest BCUT2D eigenvalue weighted by Crippen LogP contribution is -2.51. The molecule has 0 saturated carbocycles. The molecule has 0 aromatic heterocycles. The third-order valence-electron chi connectivity index (χ3n) is 3.61. The Hall–Kier alpha value is -0.610. The molecule has 0 aliphatic heterocycles. The number of carbonyl (C=O) groups excluding carboxylic acids is 1. The number of likely N-dealkylation sites (N-methyl/N-ethyl adjacent to an activating group) is 2. The van der Waals surface area contributed by atoms with E-state index in [1.807, 2.05) is 19.0 Å². The molecule has 4 heteroatoms. The minimum absolute atomic E-state index is 0.0237. The summed E-state index contributed by atoms with van der Waals surface area (Å²) in [4.78, 5) is 18.8. The van der Waals surface area contributed by atoms with Gasteiger partial charge in [0, 0.05) is 19.6 Å². The highest BCUT2D eigenvalue weighted by Gasteiger charge is 2.30. The molecule has 0 radical (unpaired) electrons. The first-order valence-corrected chi connectivity index (χ1v) is 7.30. The number of rotatable bonds is 8. The summed E-state index contributed by atoms with van der Waals surface area (Å²) in [5.41, 5.74) is 0. The van der Waals surface area contributed by atoms with Crippen molar-refractivity contribution in [2.75, 3.05) is 41.3 Å². The van der Waals surface area contributed by atoms with Crippen molar-refractivity contribution in [2.45, 2.75) is 46.2 Å². The summed E-state index contributed by atoms with van der Waals surface area (Å²) in [6, 6.07) is 0.357. The second kappa shape index (κ2) is 8.54. The smallest absolute Gasteiger partial charge is 0.239 e. The van der Waals surface area contributed by atoms with Crippen molar-refractivity contribution in [3.05, 3.63) is 0 Å². The zero-order valence-electron chi connectivity index (χ0n) is 14.1. The number of hydrogen-bond acceptors (Lipinski definition) is 3. The molecule has 0 rings (SSSR count). The van der Waals surface area contributed by atoms with Crippen LogP contribution in [0.4, 0.5) is 0 Å². The lowest BCUT2D eigenvalue weighted by Gasteiger charge is -2.35. The second-order valence-electron chi connectivity index (χ2n) is 6.36. The molecule has 1 atom stereocenters. The predicted octanol–water partition coefficient (Wildman–Crippen LogP) is 1.76. The van der Waals surface area contributed by atoms with Gasteiger partial charge in [-0.3, -0.25) is 9.69 Å². The quantitative estimate of drug-likeness (QED) is 0.673. The number of hydrogen-bond donors (Lipinski definition) is 0. The molecule has 114 valence electrons. The van der Waals surface area contributed by atoms with Gasteiger partial charge in [0.25, 0.3) is 0 Å². The Morgan fingerprint density at radius 3 is 1.84 bits per heavy atom. The van der Waals surface area contributed by atoms with Crippen LogP contribution in [0, 0.1) is 5.92 Å². The normalized spacial score (nSPS) is 13.7. The van der Waals surface area contributed by atoms with E-state index in [1.165, 1.54) is 0 Å². The molecule has 0 N–H and O–H groups in total. The molecule has 19 heavy (non-hydrogen) atoms. The standard InChI is InChI=1S/C15H33N3O/c1-12(2)14(18(8)13(3)4)15(19)17(7)11-9-10-16(5)6/h12-14H,9-11H2,1-8H3/t14-/m1/s1. The zero-order valence-corrected chi connectivity index (χ0v) is 14.1. The Kier molecular flexibility index (Phi) is 8.26. The second-order valence-corrected chi connectivity index (χ2v) is 6.36. The Balaban J connectivity index is 4.54. The third kappa shape index (κ3) is 6.39. The number of carbonyl (C=O) groups is 1. The first-order chi connectivity index (χ1) is 8.68. The maximum atomic E-state index is 12.6. The lowest BCUT2D eigenvalue weighted by molar-refractivity contribution is -0.137. The summed E-state index contributed by atoms with van der Waals surface area (Å²) in [7, 11) is 8.08. The van der Waals surface area contributed by atoms with Crippen LogP contribution in [0.5, 0.6) is 0 Å². The fourth-order valence-corrected chi connectivity index (χ4v) is 2.21.